The van der Waals surface area contributed by atoms with Gasteiger partial charge in [0.2, 0.25) is 5.91 Å². The Morgan fingerprint density at radius 2 is 2.08 bits per heavy atom. The Balaban J connectivity index is 0.00000529. The minimum absolute atomic E-state index is 0. The Kier molecular flexibility index (Phi) is 10.5. The van der Waals surface area contributed by atoms with Gasteiger partial charge in [0.1, 0.15) is 0 Å². The van der Waals surface area contributed by atoms with Crippen LogP contribution in [0.3, 0.4) is 0 Å². The number of nitrogens with zero attached hydrogens (tertiary/aromatic N) is 3. The molecule has 0 aliphatic carbocycles. The first-order valence-electron chi connectivity index (χ1n) is 7.91. The molecule has 1 aromatic rings. The lowest BCUT2D eigenvalue weighted by Gasteiger charge is -2.25. The van der Waals surface area contributed by atoms with Crippen molar-refractivity contribution in [3.63, 3.8) is 0 Å². The highest BCUT2D eigenvalue weighted by Gasteiger charge is 2.16. The summed E-state index contributed by atoms with van der Waals surface area (Å²) >= 11 is 1.75. The van der Waals surface area contributed by atoms with E-state index in [1.807, 2.05) is 38.9 Å². The first kappa shape index (κ1) is 23.1. The van der Waals surface area contributed by atoms with Crippen LogP contribution < -0.4 is 10.6 Å². The van der Waals surface area contributed by atoms with Gasteiger partial charge in [-0.3, -0.25) is 9.79 Å². The SMILES string of the molecule is CCc1cnc(CCNC(=NC)N(C)CC(=O)NC(C)(C)C)s1.I. The summed E-state index contributed by atoms with van der Waals surface area (Å²) in [5.41, 5.74) is -0.225. The van der Waals surface area contributed by atoms with E-state index in [4.69, 9.17) is 0 Å². The Labute approximate surface area is 166 Å². The number of aryl methyl sites for hydroxylation is 1. The van der Waals surface area contributed by atoms with Crippen LogP contribution in [0.5, 0.6) is 0 Å². The minimum atomic E-state index is -0.225. The summed E-state index contributed by atoms with van der Waals surface area (Å²) in [6.07, 6.45) is 3.82. The molecule has 1 rings (SSSR count). The van der Waals surface area contributed by atoms with Crippen LogP contribution in [0.25, 0.3) is 0 Å². The molecule has 0 radical (unpaired) electrons. The number of thiazole rings is 1. The van der Waals surface area contributed by atoms with Crippen molar-refractivity contribution in [2.45, 2.75) is 46.1 Å². The second-order valence-corrected chi connectivity index (χ2v) is 7.65. The third-order valence-corrected chi connectivity index (χ3v) is 4.24. The highest BCUT2D eigenvalue weighted by atomic mass is 127. The van der Waals surface area contributed by atoms with E-state index in [2.05, 4.69) is 27.5 Å². The molecule has 0 bridgehead atoms. The zero-order valence-corrected chi connectivity index (χ0v) is 18.6. The fourth-order valence-electron chi connectivity index (χ4n) is 2.04. The normalized spacial score (nSPS) is 11.7. The first-order valence-corrected chi connectivity index (χ1v) is 8.73. The zero-order chi connectivity index (χ0) is 17.5. The molecule has 0 aliphatic heterocycles. The molecule has 0 fully saturated rings. The third kappa shape index (κ3) is 8.81. The Hall–Kier alpha value is -0.900. The molecule has 1 aromatic heterocycles. The summed E-state index contributed by atoms with van der Waals surface area (Å²) in [6, 6.07) is 0. The number of carbonyl (C=O) groups excluding carboxylic acids is 1. The molecule has 0 aromatic carbocycles. The lowest BCUT2D eigenvalue weighted by molar-refractivity contribution is -0.122. The predicted octanol–water partition coefficient (Wildman–Crippen LogP) is 2.29. The van der Waals surface area contributed by atoms with Gasteiger partial charge in [-0.15, -0.1) is 35.3 Å². The van der Waals surface area contributed by atoms with Crippen molar-refractivity contribution in [2.24, 2.45) is 4.99 Å². The van der Waals surface area contributed by atoms with Crippen LogP contribution in [0.15, 0.2) is 11.2 Å². The van der Waals surface area contributed by atoms with E-state index in [9.17, 15) is 4.79 Å². The second kappa shape index (κ2) is 10.9. The van der Waals surface area contributed by atoms with E-state index < -0.39 is 0 Å². The predicted molar refractivity (Wildman–Crippen MR) is 112 cm³/mol. The average molecular weight is 467 g/mol. The number of aromatic nitrogens is 1. The van der Waals surface area contributed by atoms with E-state index in [0.29, 0.717) is 5.96 Å². The van der Waals surface area contributed by atoms with Crippen molar-refractivity contribution in [3.05, 3.63) is 16.1 Å². The van der Waals surface area contributed by atoms with Crippen LogP contribution in [-0.4, -0.2) is 54.5 Å². The van der Waals surface area contributed by atoms with Crippen molar-refractivity contribution in [1.29, 1.82) is 0 Å². The highest BCUT2D eigenvalue weighted by molar-refractivity contribution is 14.0. The summed E-state index contributed by atoms with van der Waals surface area (Å²) in [7, 11) is 3.58. The van der Waals surface area contributed by atoms with Gasteiger partial charge in [-0.05, 0) is 27.2 Å². The summed E-state index contributed by atoms with van der Waals surface area (Å²) in [6.45, 7) is 9.06. The van der Waals surface area contributed by atoms with Crippen molar-refractivity contribution in [2.75, 3.05) is 27.2 Å². The number of hydrogen-bond donors (Lipinski definition) is 2. The molecule has 8 heteroatoms. The van der Waals surface area contributed by atoms with Gasteiger partial charge in [0.25, 0.3) is 0 Å². The Morgan fingerprint density at radius 1 is 1.42 bits per heavy atom. The van der Waals surface area contributed by atoms with E-state index in [1.54, 1.807) is 18.4 Å². The smallest absolute Gasteiger partial charge is 0.240 e. The lowest BCUT2D eigenvalue weighted by atomic mass is 10.1. The quantitative estimate of drug-likeness (QED) is 0.383. The van der Waals surface area contributed by atoms with Crippen molar-refractivity contribution >= 4 is 47.2 Å². The van der Waals surface area contributed by atoms with Crippen LogP contribution in [-0.2, 0) is 17.6 Å². The van der Waals surface area contributed by atoms with Crippen LogP contribution in [0, 0.1) is 0 Å². The number of nitrogens with one attached hydrogen (secondary N) is 2. The maximum atomic E-state index is 12.0. The van der Waals surface area contributed by atoms with Gasteiger partial charge in [-0.2, -0.15) is 0 Å². The fraction of sp³-hybridized carbons (Fsp3) is 0.688. The number of aliphatic imine (C=N–C) groups is 1. The van der Waals surface area contributed by atoms with Crippen LogP contribution >= 0.6 is 35.3 Å². The Bertz CT molecular complexity index is 539. The molecule has 2 N–H and O–H groups in total. The van der Waals surface area contributed by atoms with Gasteiger partial charge in [0.05, 0.1) is 11.6 Å². The molecular weight excluding hydrogens is 437 g/mol. The second-order valence-electron chi connectivity index (χ2n) is 6.45. The van der Waals surface area contributed by atoms with Crippen LogP contribution in [0.2, 0.25) is 0 Å². The van der Waals surface area contributed by atoms with Gasteiger partial charge in [-0.1, -0.05) is 6.92 Å². The molecule has 1 heterocycles. The maximum Gasteiger partial charge on any atom is 0.240 e. The molecule has 0 spiro atoms. The molecule has 0 saturated heterocycles. The van der Waals surface area contributed by atoms with Crippen molar-refractivity contribution in [3.8, 4) is 0 Å². The number of guanidine groups is 1. The fourth-order valence-corrected chi connectivity index (χ4v) is 2.90. The summed E-state index contributed by atoms with van der Waals surface area (Å²) in [5, 5.41) is 7.35. The number of hydrogen-bond acceptors (Lipinski definition) is 4. The van der Waals surface area contributed by atoms with Crippen molar-refractivity contribution < 1.29 is 4.79 Å². The van der Waals surface area contributed by atoms with Gasteiger partial charge < -0.3 is 15.5 Å². The van der Waals surface area contributed by atoms with E-state index in [1.165, 1.54) is 4.88 Å². The largest absolute Gasteiger partial charge is 0.356 e. The third-order valence-electron chi connectivity index (χ3n) is 3.04. The van der Waals surface area contributed by atoms with Gasteiger partial charge in [0.15, 0.2) is 5.96 Å². The molecule has 1 amide bonds. The van der Waals surface area contributed by atoms with E-state index in [-0.39, 0.29) is 42.0 Å². The molecule has 24 heavy (non-hydrogen) atoms. The zero-order valence-electron chi connectivity index (χ0n) is 15.5. The number of likely N-dealkylation sites (N-methyl/N-ethyl adjacent to an activating group) is 1. The number of amides is 1. The maximum absolute atomic E-state index is 12.0. The van der Waals surface area contributed by atoms with Crippen molar-refractivity contribution in [1.82, 2.24) is 20.5 Å². The number of carbonyl (C=O) groups is 1. The number of halogens is 1. The standard InChI is InChI=1S/C16H29N5OS.HI/c1-7-12-10-19-14(23-12)8-9-18-15(17-5)21(6)11-13(22)20-16(2,3)4;/h10H,7-9,11H2,1-6H3,(H,17,18)(H,20,22);1H. The molecule has 0 saturated carbocycles. The van der Waals surface area contributed by atoms with Gasteiger partial charge in [0, 0.05) is 43.7 Å². The molecular formula is C16H30IN5OS. The molecule has 0 unspecified atom stereocenters. The molecule has 138 valence electrons. The summed E-state index contributed by atoms with van der Waals surface area (Å²) in [4.78, 5) is 23.7. The summed E-state index contributed by atoms with van der Waals surface area (Å²) < 4.78 is 0. The average Bonchev–Trinajstić information content (AvgIpc) is 2.89. The highest BCUT2D eigenvalue weighted by Crippen LogP contribution is 2.13. The lowest BCUT2D eigenvalue weighted by Crippen LogP contribution is -2.49. The minimum Gasteiger partial charge on any atom is -0.356 e. The molecule has 6 nitrogen and oxygen atoms in total. The summed E-state index contributed by atoms with van der Waals surface area (Å²) in [5.74, 6) is 0.691. The molecule has 0 atom stereocenters. The van der Waals surface area contributed by atoms with Crippen LogP contribution in [0.4, 0.5) is 0 Å². The van der Waals surface area contributed by atoms with Gasteiger partial charge >= 0.3 is 0 Å². The molecule has 0 aliphatic rings. The van der Waals surface area contributed by atoms with E-state index in [0.717, 1.165) is 24.4 Å². The van der Waals surface area contributed by atoms with Crippen LogP contribution in [0.1, 0.15) is 37.6 Å². The topological polar surface area (TPSA) is 69.6 Å². The monoisotopic (exact) mass is 467 g/mol. The number of rotatable bonds is 6. The van der Waals surface area contributed by atoms with E-state index >= 15 is 0 Å². The first-order chi connectivity index (χ1) is 10.7. The Morgan fingerprint density at radius 3 is 2.58 bits per heavy atom. The van der Waals surface area contributed by atoms with Gasteiger partial charge in [-0.25, -0.2) is 4.98 Å².